The average Bonchev–Trinajstić information content (AvgIpc) is 3.11. The van der Waals surface area contributed by atoms with Gasteiger partial charge < -0.3 is 15.0 Å². The molecule has 4 rings (SSSR count). The van der Waals surface area contributed by atoms with Crippen LogP contribution in [0.4, 0.5) is 21.5 Å². The van der Waals surface area contributed by atoms with Gasteiger partial charge in [0, 0.05) is 21.4 Å². The van der Waals surface area contributed by atoms with Crippen LogP contribution in [0.1, 0.15) is 18.4 Å². The molecule has 7 nitrogen and oxygen atoms in total. The number of halogens is 2. The van der Waals surface area contributed by atoms with E-state index in [4.69, 9.17) is 0 Å². The van der Waals surface area contributed by atoms with Crippen molar-refractivity contribution >= 4 is 61.4 Å². The summed E-state index contributed by atoms with van der Waals surface area (Å²) in [7, 11) is -3.77. The number of hydrogen-bond acceptors (Lipinski definition) is 6. The van der Waals surface area contributed by atoms with Crippen LogP contribution in [-0.4, -0.2) is 35.2 Å². The zero-order valence-electron chi connectivity index (χ0n) is 15.4. The number of anilines is 3. The molecule has 156 valence electrons. The van der Waals surface area contributed by atoms with Gasteiger partial charge in [-0.05, 0) is 60.6 Å². The van der Waals surface area contributed by atoms with Gasteiger partial charge in [-0.15, -0.1) is 11.8 Å². The Kier molecular flexibility index (Phi) is 5.59. The van der Waals surface area contributed by atoms with Gasteiger partial charge in [-0.3, -0.25) is 9.52 Å². The third kappa shape index (κ3) is 3.89. The fourth-order valence-corrected chi connectivity index (χ4v) is 6.62. The molecule has 11 heteroatoms. The number of sulfonamides is 1. The van der Waals surface area contributed by atoms with Crippen LogP contribution in [0.3, 0.4) is 0 Å². The topological polar surface area (TPSA) is 100 Å². The summed E-state index contributed by atoms with van der Waals surface area (Å²) in [6, 6.07) is 4.62. The Morgan fingerprint density at radius 1 is 1.31 bits per heavy atom. The molecule has 1 fully saturated rings. The smallest absolute Gasteiger partial charge is 0.256 e. The van der Waals surface area contributed by atoms with Gasteiger partial charge in [0.15, 0.2) is 0 Å². The molecule has 0 atom stereocenters. The van der Waals surface area contributed by atoms with E-state index in [9.17, 15) is 22.7 Å². The summed E-state index contributed by atoms with van der Waals surface area (Å²) in [6.45, 7) is 2.07. The van der Waals surface area contributed by atoms with E-state index in [1.165, 1.54) is 17.8 Å². The summed E-state index contributed by atoms with van der Waals surface area (Å²) in [5.41, 5.74) is 0.726. The molecule has 1 aliphatic carbocycles. The first-order valence-electron chi connectivity index (χ1n) is 8.99. The maximum absolute atomic E-state index is 14.4. The molecule has 0 bridgehead atoms. The summed E-state index contributed by atoms with van der Waals surface area (Å²) >= 11 is 3.38. The van der Waals surface area contributed by atoms with E-state index in [1.54, 1.807) is 23.6 Å². The lowest BCUT2D eigenvalue weighted by Crippen LogP contribution is -2.42. The Morgan fingerprint density at radius 3 is 2.69 bits per heavy atom. The Morgan fingerprint density at radius 2 is 2.03 bits per heavy atom. The van der Waals surface area contributed by atoms with Crippen molar-refractivity contribution in [3.8, 4) is 0 Å². The molecule has 2 aromatic rings. The van der Waals surface area contributed by atoms with E-state index in [0.29, 0.717) is 22.9 Å². The van der Waals surface area contributed by atoms with Crippen LogP contribution in [0, 0.1) is 16.3 Å². The number of aliphatic hydroxyl groups is 1. The maximum atomic E-state index is 14.4. The van der Waals surface area contributed by atoms with E-state index in [0.717, 1.165) is 3.57 Å². The molecule has 2 heterocycles. The Labute approximate surface area is 185 Å². The van der Waals surface area contributed by atoms with Crippen LogP contribution in [0.25, 0.3) is 0 Å². The molecule has 29 heavy (non-hydrogen) atoms. The van der Waals surface area contributed by atoms with Gasteiger partial charge >= 0.3 is 0 Å². The molecule has 1 aliphatic heterocycles. The summed E-state index contributed by atoms with van der Waals surface area (Å²) in [4.78, 5) is 12.8. The van der Waals surface area contributed by atoms with Crippen LogP contribution in [0.5, 0.6) is 0 Å². The van der Waals surface area contributed by atoms with Crippen molar-refractivity contribution in [3.63, 3.8) is 0 Å². The molecule has 0 saturated heterocycles. The number of hydrogen-bond donors (Lipinski definition) is 3. The number of nitrogens with zero attached hydrogens (tertiary/aromatic N) is 1. The first-order valence-corrected chi connectivity index (χ1v) is 12.6. The molecule has 0 unspecified atom stereocenters. The molecular formula is C18H19FIN3O4S2. The Balaban J connectivity index is 1.81. The minimum Gasteiger partial charge on any atom is -0.393 e. The molecule has 0 radical (unpaired) electrons. The van der Waals surface area contributed by atoms with E-state index in [-0.39, 0.29) is 35.5 Å². The third-order valence-electron chi connectivity index (χ3n) is 5.15. The number of nitrogens with one attached hydrogen (secondary N) is 2. The predicted octanol–water partition coefficient (Wildman–Crippen LogP) is 3.01. The predicted molar refractivity (Wildman–Crippen MR) is 120 cm³/mol. The van der Waals surface area contributed by atoms with Crippen molar-refractivity contribution in [2.75, 3.05) is 15.8 Å². The van der Waals surface area contributed by atoms with Crippen LogP contribution < -0.4 is 15.6 Å². The highest BCUT2D eigenvalue weighted by molar-refractivity contribution is 14.1. The van der Waals surface area contributed by atoms with Crippen LogP contribution in [0.2, 0.25) is 0 Å². The summed E-state index contributed by atoms with van der Waals surface area (Å²) < 4.78 is 44.9. The first-order chi connectivity index (χ1) is 13.7. The number of benzene rings is 1. The zero-order chi connectivity index (χ0) is 20.9. The van der Waals surface area contributed by atoms with Gasteiger partial charge in [-0.1, -0.05) is 0 Å². The Bertz CT molecular complexity index is 1150. The normalized spacial score (nSPS) is 20.8. The quantitative estimate of drug-likeness (QED) is 0.495. The lowest BCUT2D eigenvalue weighted by atomic mass is 9.96. The highest BCUT2D eigenvalue weighted by Gasteiger charge is 2.39. The number of aliphatic hydroxyl groups excluding tert-OH is 1. The average molecular weight is 551 g/mol. The second kappa shape index (κ2) is 7.75. The molecule has 0 spiro atoms. The van der Waals surface area contributed by atoms with Crippen molar-refractivity contribution in [1.82, 2.24) is 4.57 Å². The number of pyridine rings is 1. The summed E-state index contributed by atoms with van der Waals surface area (Å²) in [6.07, 6.45) is -0.272. The summed E-state index contributed by atoms with van der Waals surface area (Å²) in [5, 5.41) is 12.2. The molecule has 1 saturated carbocycles. The van der Waals surface area contributed by atoms with Gasteiger partial charge in [0.25, 0.3) is 5.56 Å². The second-order valence-electron chi connectivity index (χ2n) is 7.13. The highest BCUT2D eigenvalue weighted by atomic mass is 127. The van der Waals surface area contributed by atoms with Gasteiger partial charge in [-0.2, -0.15) is 0 Å². The SMILES string of the molecule is Cc1c(Nc2ccc(I)cc2F)c(NS(=O)(=O)C2CC(O)C2)c2n(c1=O)CCS2. The highest BCUT2D eigenvalue weighted by Crippen LogP contribution is 2.41. The number of rotatable bonds is 5. The van der Waals surface area contributed by atoms with Crippen molar-refractivity contribution < 1.29 is 17.9 Å². The second-order valence-corrected chi connectivity index (χ2v) is 11.4. The minimum absolute atomic E-state index is 0.153. The van der Waals surface area contributed by atoms with E-state index >= 15 is 0 Å². The van der Waals surface area contributed by atoms with Crippen molar-refractivity contribution in [1.29, 1.82) is 0 Å². The van der Waals surface area contributed by atoms with E-state index in [1.807, 2.05) is 22.6 Å². The Hall–Kier alpha value is -1.31. The fourth-order valence-electron chi connectivity index (χ4n) is 3.41. The molecular weight excluding hydrogens is 532 g/mol. The maximum Gasteiger partial charge on any atom is 0.256 e. The fraction of sp³-hybridized carbons (Fsp3) is 0.389. The summed E-state index contributed by atoms with van der Waals surface area (Å²) in [5.74, 6) is 0.146. The van der Waals surface area contributed by atoms with Crippen molar-refractivity contribution in [2.45, 2.75) is 42.7 Å². The first kappa shape index (κ1) is 20.9. The lowest BCUT2D eigenvalue weighted by Gasteiger charge is -2.31. The number of thioether (sulfide) groups is 1. The largest absolute Gasteiger partial charge is 0.393 e. The van der Waals surface area contributed by atoms with Gasteiger partial charge in [0.05, 0.1) is 22.7 Å². The molecule has 1 aromatic heterocycles. The third-order valence-corrected chi connectivity index (χ3v) is 8.65. The minimum atomic E-state index is -3.77. The monoisotopic (exact) mass is 551 g/mol. The molecule has 3 N–H and O–H groups in total. The van der Waals surface area contributed by atoms with Crippen molar-refractivity contribution in [2.24, 2.45) is 0 Å². The zero-order valence-corrected chi connectivity index (χ0v) is 19.2. The van der Waals surface area contributed by atoms with Gasteiger partial charge in [0.2, 0.25) is 10.0 Å². The van der Waals surface area contributed by atoms with Crippen LogP contribution in [-0.2, 0) is 16.6 Å². The van der Waals surface area contributed by atoms with Crippen molar-refractivity contribution in [3.05, 3.63) is 43.5 Å². The van der Waals surface area contributed by atoms with Gasteiger partial charge in [-0.25, -0.2) is 12.8 Å². The van der Waals surface area contributed by atoms with E-state index in [2.05, 4.69) is 10.0 Å². The molecule has 0 amide bonds. The lowest BCUT2D eigenvalue weighted by molar-refractivity contribution is 0.0979. The van der Waals surface area contributed by atoms with Crippen LogP contribution in [0.15, 0.2) is 28.0 Å². The van der Waals surface area contributed by atoms with Crippen LogP contribution >= 0.6 is 34.4 Å². The number of aromatic nitrogens is 1. The molecule has 1 aromatic carbocycles. The molecule has 2 aliphatic rings. The van der Waals surface area contributed by atoms with Gasteiger partial charge in [0.1, 0.15) is 16.5 Å². The number of fused-ring (bicyclic) bond motifs is 1. The standard InChI is InChI=1S/C18H19FIN3O4S2/c1-9-15(21-14-3-2-10(20)6-13(14)19)16(18-23(17(9)25)4-5-28-18)22-29(26,27)12-7-11(24)8-12/h2-3,6,11-12,21-22,24H,4-5,7-8H2,1H3. The van der Waals surface area contributed by atoms with E-state index < -0.39 is 27.2 Å².